The Morgan fingerprint density at radius 1 is 1.26 bits per heavy atom. The van der Waals surface area contributed by atoms with Gasteiger partial charge in [-0.1, -0.05) is 6.07 Å². The molecule has 1 aromatic heterocycles. The molecular formula is C13H18N4O2. The second-order valence-electron chi connectivity index (χ2n) is 4.70. The lowest BCUT2D eigenvalue weighted by Crippen LogP contribution is -2.47. The summed E-state index contributed by atoms with van der Waals surface area (Å²) in [6.45, 7) is 5.62. The predicted octanol–water partition coefficient (Wildman–Crippen LogP) is -0.155. The van der Waals surface area contributed by atoms with Crippen LogP contribution in [0.4, 0.5) is 0 Å². The molecule has 0 atom stereocenters. The minimum absolute atomic E-state index is 0.132. The van der Waals surface area contributed by atoms with Gasteiger partial charge >= 0.3 is 0 Å². The van der Waals surface area contributed by atoms with Gasteiger partial charge in [-0.15, -0.1) is 0 Å². The maximum Gasteiger partial charge on any atom is 0.267 e. The number of amides is 2. The number of primary amides is 1. The number of nitrogens with two attached hydrogens (primary N) is 1. The molecule has 102 valence electrons. The van der Waals surface area contributed by atoms with Gasteiger partial charge in [-0.2, -0.15) is 0 Å². The van der Waals surface area contributed by atoms with Crippen molar-refractivity contribution >= 4 is 11.8 Å². The lowest BCUT2D eigenvalue weighted by atomic mass is 10.2. The highest BCUT2D eigenvalue weighted by atomic mass is 16.2. The van der Waals surface area contributed by atoms with Gasteiger partial charge < -0.3 is 10.6 Å². The van der Waals surface area contributed by atoms with Crippen LogP contribution in [-0.4, -0.2) is 52.8 Å². The Balaban J connectivity index is 1.88. The van der Waals surface area contributed by atoms with Crippen molar-refractivity contribution in [1.82, 2.24) is 14.8 Å². The van der Waals surface area contributed by atoms with Crippen LogP contribution in [0.15, 0.2) is 18.3 Å². The van der Waals surface area contributed by atoms with Crippen LogP contribution >= 0.6 is 0 Å². The molecule has 0 bridgehead atoms. The SMILES string of the molecule is CC(=O)N1CCN(Cc2ccc(C(N)=O)nc2)CC1. The number of pyridine rings is 1. The van der Waals surface area contributed by atoms with Gasteiger partial charge in [0.1, 0.15) is 5.69 Å². The fourth-order valence-corrected chi connectivity index (χ4v) is 2.14. The van der Waals surface area contributed by atoms with Crippen molar-refractivity contribution in [3.8, 4) is 0 Å². The molecule has 0 radical (unpaired) electrons. The summed E-state index contributed by atoms with van der Waals surface area (Å²) < 4.78 is 0. The number of hydrogen-bond donors (Lipinski definition) is 1. The van der Waals surface area contributed by atoms with E-state index in [1.54, 1.807) is 19.2 Å². The molecule has 1 aliphatic rings. The molecule has 0 spiro atoms. The van der Waals surface area contributed by atoms with E-state index >= 15 is 0 Å². The molecule has 6 nitrogen and oxygen atoms in total. The van der Waals surface area contributed by atoms with Crippen molar-refractivity contribution in [3.63, 3.8) is 0 Å². The molecule has 1 saturated heterocycles. The Hall–Kier alpha value is -1.95. The van der Waals surface area contributed by atoms with Crippen molar-refractivity contribution in [1.29, 1.82) is 0 Å². The van der Waals surface area contributed by atoms with Crippen LogP contribution in [0.25, 0.3) is 0 Å². The summed E-state index contributed by atoms with van der Waals surface area (Å²) in [6, 6.07) is 3.51. The quantitative estimate of drug-likeness (QED) is 0.821. The summed E-state index contributed by atoms with van der Waals surface area (Å²) in [4.78, 5) is 30.3. The third-order valence-electron chi connectivity index (χ3n) is 3.30. The maximum absolute atomic E-state index is 11.2. The first-order valence-electron chi connectivity index (χ1n) is 6.29. The summed E-state index contributed by atoms with van der Waals surface area (Å²) in [5.74, 6) is -0.381. The molecule has 0 unspecified atom stereocenters. The van der Waals surface area contributed by atoms with Gasteiger partial charge in [0.15, 0.2) is 0 Å². The number of rotatable bonds is 3. The van der Waals surface area contributed by atoms with Gasteiger partial charge in [-0.3, -0.25) is 19.5 Å². The Morgan fingerprint density at radius 2 is 1.95 bits per heavy atom. The summed E-state index contributed by atoms with van der Waals surface area (Å²) in [6.07, 6.45) is 1.68. The van der Waals surface area contributed by atoms with Crippen LogP contribution in [0.1, 0.15) is 23.0 Å². The molecule has 0 aliphatic carbocycles. The van der Waals surface area contributed by atoms with Gasteiger partial charge in [0.2, 0.25) is 5.91 Å². The monoisotopic (exact) mass is 262 g/mol. The maximum atomic E-state index is 11.2. The zero-order valence-corrected chi connectivity index (χ0v) is 11.0. The van der Waals surface area contributed by atoms with Gasteiger partial charge in [-0.05, 0) is 11.6 Å². The number of hydrogen-bond acceptors (Lipinski definition) is 4. The standard InChI is InChI=1S/C13H18N4O2/c1-10(18)17-6-4-16(5-7-17)9-11-2-3-12(13(14)19)15-8-11/h2-3,8H,4-7,9H2,1H3,(H2,14,19). The Kier molecular flexibility index (Phi) is 4.11. The number of carbonyl (C=O) groups is 2. The zero-order valence-electron chi connectivity index (χ0n) is 11.0. The first-order chi connectivity index (χ1) is 9.06. The molecule has 2 N–H and O–H groups in total. The van der Waals surface area contributed by atoms with Gasteiger partial charge in [0.25, 0.3) is 5.91 Å². The number of nitrogens with zero attached hydrogens (tertiary/aromatic N) is 3. The van der Waals surface area contributed by atoms with E-state index in [0.29, 0.717) is 0 Å². The van der Waals surface area contributed by atoms with E-state index in [1.807, 2.05) is 11.0 Å². The van der Waals surface area contributed by atoms with Crippen LogP contribution < -0.4 is 5.73 Å². The lowest BCUT2D eigenvalue weighted by Gasteiger charge is -2.34. The van der Waals surface area contributed by atoms with E-state index in [-0.39, 0.29) is 11.6 Å². The molecule has 1 aliphatic heterocycles. The molecule has 0 aromatic carbocycles. The second-order valence-corrected chi connectivity index (χ2v) is 4.70. The number of piperazine rings is 1. The summed E-state index contributed by atoms with van der Waals surface area (Å²) in [5, 5.41) is 0. The van der Waals surface area contributed by atoms with E-state index in [1.165, 1.54) is 0 Å². The van der Waals surface area contributed by atoms with E-state index in [9.17, 15) is 9.59 Å². The third-order valence-corrected chi connectivity index (χ3v) is 3.30. The largest absolute Gasteiger partial charge is 0.364 e. The van der Waals surface area contributed by atoms with Crippen molar-refractivity contribution in [2.45, 2.75) is 13.5 Å². The molecule has 0 saturated carbocycles. The zero-order chi connectivity index (χ0) is 13.8. The number of carbonyl (C=O) groups excluding carboxylic acids is 2. The van der Waals surface area contributed by atoms with Crippen molar-refractivity contribution < 1.29 is 9.59 Å². The second kappa shape index (κ2) is 5.79. The highest BCUT2D eigenvalue weighted by Gasteiger charge is 2.18. The van der Waals surface area contributed by atoms with Crippen molar-refractivity contribution in [2.75, 3.05) is 26.2 Å². The topological polar surface area (TPSA) is 79.5 Å². The summed E-state index contributed by atoms with van der Waals surface area (Å²) in [7, 11) is 0. The third kappa shape index (κ3) is 3.51. The molecule has 1 fully saturated rings. The Labute approximate surface area is 112 Å². The van der Waals surface area contributed by atoms with Gasteiger partial charge in [0, 0.05) is 45.8 Å². The van der Waals surface area contributed by atoms with E-state index < -0.39 is 5.91 Å². The molecule has 2 amide bonds. The minimum atomic E-state index is -0.512. The highest BCUT2D eigenvalue weighted by Crippen LogP contribution is 2.08. The van der Waals surface area contributed by atoms with Gasteiger partial charge in [-0.25, -0.2) is 0 Å². The van der Waals surface area contributed by atoms with Crippen LogP contribution in [0.3, 0.4) is 0 Å². The fraction of sp³-hybridized carbons (Fsp3) is 0.462. The van der Waals surface area contributed by atoms with Crippen LogP contribution in [0.2, 0.25) is 0 Å². The first-order valence-corrected chi connectivity index (χ1v) is 6.29. The molecule has 1 aromatic rings. The van der Waals surface area contributed by atoms with Crippen molar-refractivity contribution in [3.05, 3.63) is 29.6 Å². The molecule has 6 heteroatoms. The van der Waals surface area contributed by atoms with Crippen LogP contribution in [0, 0.1) is 0 Å². The average molecular weight is 262 g/mol. The van der Waals surface area contributed by atoms with E-state index in [4.69, 9.17) is 5.73 Å². The average Bonchev–Trinajstić information content (AvgIpc) is 2.40. The molecule has 19 heavy (non-hydrogen) atoms. The highest BCUT2D eigenvalue weighted by molar-refractivity contribution is 5.90. The normalized spacial score (nSPS) is 16.4. The predicted molar refractivity (Wildman–Crippen MR) is 70.3 cm³/mol. The molecular weight excluding hydrogens is 244 g/mol. The van der Waals surface area contributed by atoms with Crippen molar-refractivity contribution in [2.24, 2.45) is 5.73 Å². The molecule has 2 heterocycles. The smallest absolute Gasteiger partial charge is 0.267 e. The fourth-order valence-electron chi connectivity index (χ4n) is 2.14. The van der Waals surface area contributed by atoms with Gasteiger partial charge in [0.05, 0.1) is 0 Å². The van der Waals surface area contributed by atoms with E-state index in [0.717, 1.165) is 38.3 Å². The van der Waals surface area contributed by atoms with Crippen LogP contribution in [0.5, 0.6) is 0 Å². The minimum Gasteiger partial charge on any atom is -0.364 e. The molecule has 2 rings (SSSR count). The Bertz CT molecular complexity index is 464. The first kappa shape index (κ1) is 13.5. The van der Waals surface area contributed by atoms with E-state index in [2.05, 4.69) is 9.88 Å². The van der Waals surface area contributed by atoms with Crippen LogP contribution in [-0.2, 0) is 11.3 Å². The summed E-state index contributed by atoms with van der Waals surface area (Å²) in [5.41, 5.74) is 6.47. The summed E-state index contributed by atoms with van der Waals surface area (Å²) >= 11 is 0. The lowest BCUT2D eigenvalue weighted by molar-refractivity contribution is -0.130. The Morgan fingerprint density at radius 3 is 2.42 bits per heavy atom. The number of aromatic nitrogens is 1.